The molecular formula is C32H40N4O6. The highest BCUT2D eigenvalue weighted by molar-refractivity contribution is 5.97. The van der Waals surface area contributed by atoms with Gasteiger partial charge < -0.3 is 25.4 Å². The van der Waals surface area contributed by atoms with Crippen LogP contribution in [0.4, 0.5) is 10.5 Å². The third-order valence-electron chi connectivity index (χ3n) is 8.61. The molecule has 10 heteroatoms. The van der Waals surface area contributed by atoms with Crippen LogP contribution in [0.2, 0.25) is 0 Å². The number of rotatable bonds is 9. The first-order valence-electron chi connectivity index (χ1n) is 15.1. The first-order chi connectivity index (χ1) is 20.4. The molecule has 224 valence electrons. The molecule has 0 radical (unpaired) electrons. The second-order valence-electron chi connectivity index (χ2n) is 11.5. The summed E-state index contributed by atoms with van der Waals surface area (Å²) >= 11 is 0. The van der Waals surface area contributed by atoms with Gasteiger partial charge in [-0.3, -0.25) is 14.5 Å². The van der Waals surface area contributed by atoms with E-state index in [0.717, 1.165) is 61.1 Å². The molecule has 0 bridgehead atoms. The van der Waals surface area contributed by atoms with Crippen molar-refractivity contribution < 1.29 is 29.0 Å². The van der Waals surface area contributed by atoms with Gasteiger partial charge in [0.15, 0.2) is 0 Å². The molecule has 2 atom stereocenters. The fourth-order valence-electron chi connectivity index (χ4n) is 6.26. The minimum atomic E-state index is -1.25. The summed E-state index contributed by atoms with van der Waals surface area (Å²) in [4.78, 5) is 55.4. The van der Waals surface area contributed by atoms with Crippen molar-refractivity contribution in [3.05, 3.63) is 59.7 Å². The van der Waals surface area contributed by atoms with Crippen molar-refractivity contribution in [2.45, 2.75) is 76.4 Å². The summed E-state index contributed by atoms with van der Waals surface area (Å²) in [7, 11) is 0. The Morgan fingerprint density at radius 3 is 2.43 bits per heavy atom. The van der Waals surface area contributed by atoms with Crippen molar-refractivity contribution in [2.75, 3.05) is 24.6 Å². The van der Waals surface area contributed by atoms with Gasteiger partial charge in [0.2, 0.25) is 11.8 Å². The van der Waals surface area contributed by atoms with Crippen molar-refractivity contribution in [2.24, 2.45) is 5.92 Å². The number of ether oxygens (including phenoxy) is 1. The Labute approximate surface area is 246 Å². The Morgan fingerprint density at radius 1 is 0.905 bits per heavy atom. The SMILES string of the molecule is O=C(O)C(CCC(=O)N1CCOc2ccccc2C1)NC(=O)C(CC1CCCCC1)NC(=O)N1CCc2ccccc21. The van der Waals surface area contributed by atoms with Gasteiger partial charge in [0, 0.05) is 30.8 Å². The summed E-state index contributed by atoms with van der Waals surface area (Å²) in [5.74, 6) is -0.920. The number of para-hydroxylation sites is 2. The molecule has 0 aromatic heterocycles. The zero-order valence-corrected chi connectivity index (χ0v) is 23.9. The van der Waals surface area contributed by atoms with Crippen LogP contribution >= 0.6 is 0 Å². The van der Waals surface area contributed by atoms with Gasteiger partial charge in [-0.2, -0.15) is 0 Å². The van der Waals surface area contributed by atoms with Crippen LogP contribution in [0.3, 0.4) is 0 Å². The summed E-state index contributed by atoms with van der Waals surface area (Å²) < 4.78 is 5.74. The number of carbonyl (C=O) groups excluding carboxylic acids is 3. The molecule has 2 heterocycles. The van der Waals surface area contributed by atoms with Crippen molar-refractivity contribution >= 4 is 29.5 Å². The Morgan fingerprint density at radius 2 is 1.64 bits per heavy atom. The normalized spacial score (nSPS) is 18.1. The molecule has 0 saturated heterocycles. The predicted octanol–water partition coefficient (Wildman–Crippen LogP) is 3.87. The lowest BCUT2D eigenvalue weighted by Gasteiger charge is -2.29. The third kappa shape index (κ3) is 7.21. The van der Waals surface area contributed by atoms with E-state index in [4.69, 9.17) is 4.74 Å². The number of aliphatic carboxylic acids is 1. The number of carboxylic acid groups (broad SMARTS) is 1. The Kier molecular flexibility index (Phi) is 9.61. The summed E-state index contributed by atoms with van der Waals surface area (Å²) in [5.41, 5.74) is 2.81. The minimum absolute atomic E-state index is 0.0381. The lowest BCUT2D eigenvalue weighted by atomic mass is 9.84. The predicted molar refractivity (Wildman–Crippen MR) is 157 cm³/mol. The maximum Gasteiger partial charge on any atom is 0.326 e. The van der Waals surface area contributed by atoms with Crippen LogP contribution < -0.4 is 20.3 Å². The molecule has 0 spiro atoms. The highest BCUT2D eigenvalue weighted by Gasteiger charge is 2.33. The van der Waals surface area contributed by atoms with E-state index in [1.807, 2.05) is 48.5 Å². The number of hydrogen-bond donors (Lipinski definition) is 3. The van der Waals surface area contributed by atoms with E-state index in [9.17, 15) is 24.3 Å². The van der Waals surface area contributed by atoms with Crippen molar-refractivity contribution in [1.82, 2.24) is 15.5 Å². The molecule has 2 aliphatic heterocycles. The molecule has 3 aliphatic rings. The number of nitrogens with one attached hydrogen (secondary N) is 2. The zero-order chi connectivity index (χ0) is 29.5. The van der Waals surface area contributed by atoms with Gasteiger partial charge >= 0.3 is 12.0 Å². The number of anilines is 1. The number of hydrogen-bond acceptors (Lipinski definition) is 5. The molecule has 1 saturated carbocycles. The van der Waals surface area contributed by atoms with Crippen molar-refractivity contribution in [3.63, 3.8) is 0 Å². The van der Waals surface area contributed by atoms with Gasteiger partial charge in [-0.05, 0) is 42.9 Å². The van der Waals surface area contributed by atoms with Crippen LogP contribution in [0.1, 0.15) is 62.5 Å². The number of urea groups is 1. The monoisotopic (exact) mass is 576 g/mol. The van der Waals surface area contributed by atoms with Gasteiger partial charge in [0.05, 0.1) is 6.54 Å². The van der Waals surface area contributed by atoms with E-state index in [1.54, 1.807) is 9.80 Å². The second kappa shape index (κ2) is 13.7. The number of carbonyl (C=O) groups is 4. The molecule has 1 aliphatic carbocycles. The Bertz CT molecular complexity index is 1290. The van der Waals surface area contributed by atoms with Gasteiger partial charge in [0.25, 0.3) is 0 Å². The van der Waals surface area contributed by atoms with E-state index in [2.05, 4.69) is 10.6 Å². The molecular weight excluding hydrogens is 536 g/mol. The van der Waals surface area contributed by atoms with Crippen LogP contribution in [-0.4, -0.2) is 65.6 Å². The van der Waals surface area contributed by atoms with Crippen LogP contribution in [0, 0.1) is 5.92 Å². The molecule has 5 rings (SSSR count). The standard InChI is InChI=1S/C32H40N4O6/c37-29(35-18-19-42-28-13-7-5-11-24(28)21-35)15-14-25(31(39)40)33-30(38)26(20-22-8-2-1-3-9-22)34-32(41)36-17-16-23-10-4-6-12-27(23)36/h4-7,10-13,22,25-26H,1-3,8-9,14-21H2,(H,33,38)(H,34,41)(H,39,40). The van der Waals surface area contributed by atoms with E-state index in [0.29, 0.717) is 32.7 Å². The lowest BCUT2D eigenvalue weighted by molar-refractivity contribution is -0.142. The highest BCUT2D eigenvalue weighted by atomic mass is 16.5. The summed E-state index contributed by atoms with van der Waals surface area (Å²) in [6, 6.07) is 12.8. The van der Waals surface area contributed by atoms with Crippen LogP contribution in [-0.2, 0) is 27.3 Å². The fraction of sp³-hybridized carbons (Fsp3) is 0.500. The van der Waals surface area contributed by atoms with Crippen LogP contribution in [0.5, 0.6) is 5.75 Å². The Hall–Kier alpha value is -4.08. The maximum absolute atomic E-state index is 13.5. The summed E-state index contributed by atoms with van der Waals surface area (Å²) in [6.07, 6.45) is 6.38. The maximum atomic E-state index is 13.5. The lowest BCUT2D eigenvalue weighted by Crippen LogP contribution is -2.54. The largest absolute Gasteiger partial charge is 0.491 e. The van der Waals surface area contributed by atoms with E-state index in [1.165, 1.54) is 0 Å². The zero-order valence-electron chi connectivity index (χ0n) is 23.9. The summed E-state index contributed by atoms with van der Waals surface area (Å²) in [6.45, 7) is 1.65. The van der Waals surface area contributed by atoms with Gasteiger partial charge in [-0.15, -0.1) is 0 Å². The van der Waals surface area contributed by atoms with Crippen LogP contribution in [0.15, 0.2) is 48.5 Å². The van der Waals surface area contributed by atoms with Gasteiger partial charge in [0.1, 0.15) is 24.4 Å². The highest BCUT2D eigenvalue weighted by Crippen LogP contribution is 2.30. The molecule has 3 N–H and O–H groups in total. The smallest absolute Gasteiger partial charge is 0.326 e. The summed E-state index contributed by atoms with van der Waals surface area (Å²) in [5, 5.41) is 15.5. The second-order valence-corrected chi connectivity index (χ2v) is 11.5. The quantitative estimate of drug-likeness (QED) is 0.416. The Balaban J connectivity index is 1.22. The topological polar surface area (TPSA) is 128 Å². The molecule has 42 heavy (non-hydrogen) atoms. The van der Waals surface area contributed by atoms with E-state index < -0.39 is 24.0 Å². The average Bonchev–Trinajstić information content (AvgIpc) is 3.31. The molecule has 2 unspecified atom stereocenters. The van der Waals surface area contributed by atoms with Crippen LogP contribution in [0.25, 0.3) is 0 Å². The molecule has 2 aromatic rings. The average molecular weight is 577 g/mol. The number of amides is 4. The first-order valence-corrected chi connectivity index (χ1v) is 15.1. The number of fused-ring (bicyclic) bond motifs is 2. The fourth-order valence-corrected chi connectivity index (χ4v) is 6.26. The van der Waals surface area contributed by atoms with Crippen molar-refractivity contribution in [3.8, 4) is 5.75 Å². The third-order valence-corrected chi connectivity index (χ3v) is 8.61. The van der Waals surface area contributed by atoms with Gasteiger partial charge in [-0.1, -0.05) is 68.5 Å². The minimum Gasteiger partial charge on any atom is -0.491 e. The van der Waals surface area contributed by atoms with E-state index in [-0.39, 0.29) is 30.7 Å². The molecule has 10 nitrogen and oxygen atoms in total. The number of nitrogens with zero attached hydrogens (tertiary/aromatic N) is 2. The number of carboxylic acids is 1. The first kappa shape index (κ1) is 29.4. The van der Waals surface area contributed by atoms with Gasteiger partial charge in [-0.25, -0.2) is 9.59 Å². The molecule has 2 aromatic carbocycles. The van der Waals surface area contributed by atoms with Crippen molar-refractivity contribution in [1.29, 1.82) is 0 Å². The van der Waals surface area contributed by atoms with E-state index >= 15 is 0 Å². The number of benzene rings is 2. The molecule has 4 amide bonds. The molecule has 1 fully saturated rings.